The molecular formula is C24H24ClF3N4O3S. The fourth-order valence-corrected chi connectivity index (χ4v) is 5.00. The summed E-state index contributed by atoms with van der Waals surface area (Å²) in [5.74, 6) is -0.326. The number of sulfonamides is 1. The lowest BCUT2D eigenvalue weighted by Gasteiger charge is -2.31. The molecule has 3 N–H and O–H groups in total. The maximum Gasteiger partial charge on any atom is 0.433 e. The van der Waals surface area contributed by atoms with Crippen LogP contribution in [0.3, 0.4) is 0 Å². The third-order valence-corrected chi connectivity index (χ3v) is 6.75. The number of aromatic nitrogens is 1. The van der Waals surface area contributed by atoms with Crippen LogP contribution in [-0.4, -0.2) is 37.6 Å². The second-order valence-electron chi connectivity index (χ2n) is 8.84. The van der Waals surface area contributed by atoms with Crippen molar-refractivity contribution >= 4 is 49.8 Å². The van der Waals surface area contributed by atoms with Gasteiger partial charge in [0.15, 0.2) is 0 Å². The molecule has 192 valence electrons. The van der Waals surface area contributed by atoms with Crippen LogP contribution in [0, 0.1) is 0 Å². The van der Waals surface area contributed by atoms with E-state index in [0.717, 1.165) is 12.3 Å². The molecule has 0 atom stereocenters. The normalized spacial score (nSPS) is 18.6. The Bertz CT molecular complexity index is 1390. The van der Waals surface area contributed by atoms with E-state index in [4.69, 9.17) is 11.6 Å². The molecule has 1 fully saturated rings. The third-order valence-electron chi connectivity index (χ3n) is 5.91. The summed E-state index contributed by atoms with van der Waals surface area (Å²) in [6.07, 6.45) is -1.04. The summed E-state index contributed by atoms with van der Waals surface area (Å²) < 4.78 is 65.4. The summed E-state index contributed by atoms with van der Waals surface area (Å²) in [5, 5.41) is 7.08. The Morgan fingerprint density at radius 2 is 1.72 bits per heavy atom. The second-order valence-corrected chi connectivity index (χ2v) is 11.0. The van der Waals surface area contributed by atoms with Gasteiger partial charge in [0.2, 0.25) is 10.0 Å². The number of rotatable bonds is 6. The number of benzene rings is 2. The van der Waals surface area contributed by atoms with Crippen molar-refractivity contribution in [3.05, 3.63) is 64.8 Å². The first-order valence-corrected chi connectivity index (χ1v) is 13.5. The van der Waals surface area contributed by atoms with E-state index in [1.54, 1.807) is 24.3 Å². The van der Waals surface area contributed by atoms with Crippen LogP contribution in [0.25, 0.3) is 10.9 Å². The van der Waals surface area contributed by atoms with Gasteiger partial charge in [0.25, 0.3) is 5.91 Å². The topological polar surface area (TPSA) is 100 Å². The first kappa shape index (κ1) is 26.0. The van der Waals surface area contributed by atoms with Crippen LogP contribution in [-0.2, 0) is 16.2 Å². The molecule has 2 aromatic carbocycles. The summed E-state index contributed by atoms with van der Waals surface area (Å²) >= 11 is 6.07. The second kappa shape index (κ2) is 10.1. The van der Waals surface area contributed by atoms with Crippen LogP contribution >= 0.6 is 11.6 Å². The molecule has 1 aromatic heterocycles. The number of nitrogens with one attached hydrogen (secondary N) is 3. The van der Waals surface area contributed by atoms with Crippen molar-refractivity contribution in [1.82, 2.24) is 10.3 Å². The lowest BCUT2D eigenvalue weighted by atomic mass is 9.90. The highest BCUT2D eigenvalue weighted by Gasteiger charge is 2.34. The molecule has 1 aliphatic carbocycles. The van der Waals surface area contributed by atoms with Gasteiger partial charge in [0.1, 0.15) is 5.69 Å². The van der Waals surface area contributed by atoms with Crippen LogP contribution in [0.1, 0.15) is 41.7 Å². The summed E-state index contributed by atoms with van der Waals surface area (Å²) in [6, 6.07) is 11.5. The number of carbonyl (C=O) groups is 1. The van der Waals surface area contributed by atoms with Crippen molar-refractivity contribution in [3.8, 4) is 0 Å². The zero-order chi connectivity index (χ0) is 26.1. The molecule has 4 rings (SSSR count). The number of nitrogens with zero attached hydrogens (tertiary/aromatic N) is 1. The fraction of sp³-hybridized carbons (Fsp3) is 0.333. The highest BCUT2D eigenvalue weighted by Crippen LogP contribution is 2.35. The van der Waals surface area contributed by atoms with Crippen molar-refractivity contribution in [2.45, 2.75) is 43.9 Å². The number of hydrogen-bond acceptors (Lipinski definition) is 5. The van der Waals surface area contributed by atoms with E-state index in [1.807, 2.05) is 0 Å². The van der Waals surface area contributed by atoms with E-state index < -0.39 is 21.9 Å². The third kappa shape index (κ3) is 6.58. The largest absolute Gasteiger partial charge is 0.433 e. The molecule has 1 saturated carbocycles. The smallest absolute Gasteiger partial charge is 0.382 e. The van der Waals surface area contributed by atoms with Crippen LogP contribution in [0.15, 0.2) is 48.5 Å². The molecule has 0 saturated heterocycles. The first-order valence-electron chi connectivity index (χ1n) is 11.2. The van der Waals surface area contributed by atoms with Gasteiger partial charge in [-0.1, -0.05) is 17.7 Å². The van der Waals surface area contributed by atoms with Gasteiger partial charge in [0, 0.05) is 39.4 Å². The lowest BCUT2D eigenvalue weighted by Crippen LogP contribution is -2.40. The molecule has 1 aliphatic rings. The average Bonchev–Trinajstić information content (AvgIpc) is 2.79. The van der Waals surface area contributed by atoms with Gasteiger partial charge < -0.3 is 10.6 Å². The molecular weight excluding hydrogens is 517 g/mol. The Kier molecular flexibility index (Phi) is 7.33. The van der Waals surface area contributed by atoms with Crippen LogP contribution in [0.4, 0.5) is 24.5 Å². The summed E-state index contributed by atoms with van der Waals surface area (Å²) in [4.78, 5) is 16.4. The molecule has 0 radical (unpaired) electrons. The van der Waals surface area contributed by atoms with Crippen LogP contribution in [0.2, 0.25) is 5.02 Å². The van der Waals surface area contributed by atoms with Crippen molar-refractivity contribution in [2.75, 3.05) is 16.3 Å². The van der Waals surface area contributed by atoms with Crippen LogP contribution < -0.4 is 15.4 Å². The summed E-state index contributed by atoms with van der Waals surface area (Å²) in [7, 11) is -3.47. The molecule has 1 heterocycles. The number of hydrogen-bond donors (Lipinski definition) is 3. The van der Waals surface area contributed by atoms with Crippen molar-refractivity contribution in [2.24, 2.45) is 0 Å². The number of fused-ring (bicyclic) bond motifs is 1. The summed E-state index contributed by atoms with van der Waals surface area (Å²) in [5.41, 5.74) is 0.154. The minimum absolute atomic E-state index is 0.0916. The van der Waals surface area contributed by atoms with E-state index in [9.17, 15) is 26.4 Å². The molecule has 0 aliphatic heterocycles. The highest BCUT2D eigenvalue weighted by molar-refractivity contribution is 7.92. The predicted molar refractivity (Wildman–Crippen MR) is 134 cm³/mol. The van der Waals surface area contributed by atoms with Gasteiger partial charge in [-0.25, -0.2) is 13.4 Å². The number of anilines is 2. The first-order chi connectivity index (χ1) is 16.9. The molecule has 0 bridgehead atoms. The van der Waals surface area contributed by atoms with Crippen molar-refractivity contribution < 1.29 is 26.4 Å². The Balaban J connectivity index is 1.41. The number of carbonyl (C=O) groups excluding carboxylic acids is 1. The minimum Gasteiger partial charge on any atom is -0.382 e. The van der Waals surface area contributed by atoms with Gasteiger partial charge in [-0.2, -0.15) is 13.2 Å². The quantitative estimate of drug-likeness (QED) is 0.387. The molecule has 0 unspecified atom stereocenters. The van der Waals surface area contributed by atoms with E-state index in [2.05, 4.69) is 20.3 Å². The Hall–Kier alpha value is -3.05. The Labute approximate surface area is 211 Å². The van der Waals surface area contributed by atoms with Gasteiger partial charge in [-0.05, 0) is 68.1 Å². The minimum atomic E-state index is -4.58. The molecule has 1 amide bonds. The van der Waals surface area contributed by atoms with E-state index >= 15 is 0 Å². The van der Waals surface area contributed by atoms with E-state index in [0.29, 0.717) is 53.0 Å². The van der Waals surface area contributed by atoms with Crippen molar-refractivity contribution in [3.63, 3.8) is 0 Å². The average molecular weight is 541 g/mol. The Morgan fingerprint density at radius 1 is 1.03 bits per heavy atom. The Morgan fingerprint density at radius 3 is 2.39 bits per heavy atom. The molecule has 3 aromatic rings. The zero-order valence-electron chi connectivity index (χ0n) is 19.2. The maximum absolute atomic E-state index is 13.4. The van der Waals surface area contributed by atoms with Gasteiger partial charge in [0.05, 0.1) is 11.8 Å². The van der Waals surface area contributed by atoms with Crippen molar-refractivity contribution in [1.29, 1.82) is 0 Å². The van der Waals surface area contributed by atoms with Crippen LogP contribution in [0.5, 0.6) is 0 Å². The van der Waals surface area contributed by atoms with Gasteiger partial charge in [-0.3, -0.25) is 9.52 Å². The van der Waals surface area contributed by atoms with Gasteiger partial charge in [-0.15, -0.1) is 0 Å². The highest BCUT2D eigenvalue weighted by atomic mass is 35.5. The zero-order valence-corrected chi connectivity index (χ0v) is 20.8. The predicted octanol–water partition coefficient (Wildman–Crippen LogP) is 5.43. The lowest BCUT2D eigenvalue weighted by molar-refractivity contribution is -0.140. The summed E-state index contributed by atoms with van der Waals surface area (Å²) in [6.45, 7) is 0. The number of amides is 1. The van der Waals surface area contributed by atoms with E-state index in [-0.39, 0.29) is 23.5 Å². The number of pyridine rings is 1. The molecule has 12 heteroatoms. The standard InChI is InChI=1S/C24H24ClF3N4O3S/c1-36(34,35)32-18-4-2-3-14(11-18)23(33)30-17-8-6-16(7-9-17)29-21-13-22(24(26,27)28)31-20-10-5-15(25)12-19(20)21/h2-5,10-13,16-17,32H,6-9H2,1H3,(H,29,31)(H,30,33)/t16-,17+. The van der Waals surface area contributed by atoms with E-state index in [1.165, 1.54) is 18.2 Å². The number of halogens is 4. The molecule has 0 spiro atoms. The van der Waals surface area contributed by atoms with Gasteiger partial charge >= 0.3 is 6.18 Å². The number of alkyl halides is 3. The maximum atomic E-state index is 13.4. The molecule has 36 heavy (non-hydrogen) atoms. The fourth-order valence-electron chi connectivity index (χ4n) is 4.27. The monoisotopic (exact) mass is 540 g/mol. The SMILES string of the molecule is CS(=O)(=O)Nc1cccc(C(=O)N[C@H]2CC[C@@H](Nc3cc(C(F)(F)F)nc4ccc(Cl)cc34)CC2)c1. The molecule has 7 nitrogen and oxygen atoms in total.